The quantitative estimate of drug-likeness (QED) is 0.375. The molecule has 0 bridgehead atoms. The molecule has 0 unspecified atom stereocenters. The van der Waals surface area contributed by atoms with Gasteiger partial charge in [0.2, 0.25) is 0 Å². The minimum Gasteiger partial charge on any atom is -0.454 e. The maximum atomic E-state index is 5.89. The van der Waals surface area contributed by atoms with Crippen LogP contribution in [-0.2, 0) is 6.61 Å². The second kappa shape index (κ2) is 8.91. The average molecular weight is 439 g/mol. The summed E-state index contributed by atoms with van der Waals surface area (Å²) in [7, 11) is 0. The first-order valence-corrected chi connectivity index (χ1v) is 10.4. The van der Waals surface area contributed by atoms with E-state index in [0.29, 0.717) is 22.0 Å². The summed E-state index contributed by atoms with van der Waals surface area (Å²) in [6.07, 6.45) is 0. The summed E-state index contributed by atoms with van der Waals surface area (Å²) in [6.45, 7) is 0.128. The molecule has 8 heteroatoms. The molecule has 0 saturated carbocycles. The third-order valence-electron chi connectivity index (χ3n) is 4.85. The number of hydrogen-bond acceptors (Lipinski definition) is 6. The Morgan fingerprint density at radius 3 is 2.00 bits per heavy atom. The van der Waals surface area contributed by atoms with Crippen molar-refractivity contribution in [3.8, 4) is 34.2 Å². The highest BCUT2D eigenvalue weighted by molar-refractivity contribution is 7.71. The van der Waals surface area contributed by atoms with Gasteiger partial charge in [-0.1, -0.05) is 84.0 Å². The molecule has 0 aliphatic heterocycles. The van der Waals surface area contributed by atoms with E-state index in [-0.39, 0.29) is 12.6 Å². The Kier molecular flexibility index (Phi) is 5.50. The SMILES string of the molecule is S=c1[nH]nc(COc2nnc(-c3ccccc3)c(-c3ccccc3)n2)n1-c1ccccc1. The highest BCUT2D eigenvalue weighted by Gasteiger charge is 2.15. The number of nitrogens with zero attached hydrogens (tertiary/aromatic N) is 5. The van der Waals surface area contributed by atoms with Crippen molar-refractivity contribution in [1.82, 2.24) is 29.9 Å². The van der Waals surface area contributed by atoms with Crippen LogP contribution >= 0.6 is 12.2 Å². The summed E-state index contributed by atoms with van der Waals surface area (Å²) in [6, 6.07) is 29.6. The molecule has 0 aliphatic carbocycles. The van der Waals surface area contributed by atoms with Crippen molar-refractivity contribution >= 4 is 12.2 Å². The molecule has 156 valence electrons. The van der Waals surface area contributed by atoms with E-state index in [9.17, 15) is 0 Å². The van der Waals surface area contributed by atoms with Gasteiger partial charge in [-0.3, -0.25) is 9.67 Å². The molecule has 0 fully saturated rings. The molecular weight excluding hydrogens is 420 g/mol. The number of benzene rings is 3. The van der Waals surface area contributed by atoms with E-state index in [1.165, 1.54) is 0 Å². The minimum absolute atomic E-state index is 0.128. The number of H-pyrrole nitrogens is 1. The fourth-order valence-electron chi connectivity index (χ4n) is 3.36. The number of rotatable bonds is 6. The van der Waals surface area contributed by atoms with E-state index in [2.05, 4.69) is 25.4 Å². The molecule has 7 nitrogen and oxygen atoms in total. The molecule has 0 saturated heterocycles. The predicted octanol–water partition coefficient (Wildman–Crippen LogP) is 5.03. The van der Waals surface area contributed by atoms with Crippen LogP contribution in [-0.4, -0.2) is 29.9 Å². The van der Waals surface area contributed by atoms with Crippen molar-refractivity contribution in [3.63, 3.8) is 0 Å². The van der Waals surface area contributed by atoms with Gasteiger partial charge in [-0.05, 0) is 24.4 Å². The largest absolute Gasteiger partial charge is 0.454 e. The van der Waals surface area contributed by atoms with Crippen LogP contribution in [0.3, 0.4) is 0 Å². The minimum atomic E-state index is 0.128. The predicted molar refractivity (Wildman–Crippen MR) is 124 cm³/mol. The Hall–Kier alpha value is -4.17. The van der Waals surface area contributed by atoms with E-state index in [4.69, 9.17) is 17.0 Å². The van der Waals surface area contributed by atoms with Gasteiger partial charge in [-0.2, -0.15) is 10.1 Å². The molecule has 0 spiro atoms. The zero-order valence-electron chi connectivity index (χ0n) is 16.9. The maximum absolute atomic E-state index is 5.89. The fraction of sp³-hybridized carbons (Fsp3) is 0.0417. The lowest BCUT2D eigenvalue weighted by molar-refractivity contribution is 0.266. The summed E-state index contributed by atoms with van der Waals surface area (Å²) in [4.78, 5) is 4.67. The van der Waals surface area contributed by atoms with Gasteiger partial charge in [0.1, 0.15) is 11.4 Å². The Labute approximate surface area is 189 Å². The number of aromatic nitrogens is 6. The zero-order valence-corrected chi connectivity index (χ0v) is 17.7. The second-order valence-corrected chi connectivity index (χ2v) is 7.31. The van der Waals surface area contributed by atoms with Crippen molar-refractivity contribution in [3.05, 3.63) is 102 Å². The van der Waals surface area contributed by atoms with E-state index >= 15 is 0 Å². The Morgan fingerprint density at radius 1 is 0.750 bits per heavy atom. The van der Waals surface area contributed by atoms with Gasteiger partial charge < -0.3 is 4.74 Å². The lowest BCUT2D eigenvalue weighted by atomic mass is 10.0. The van der Waals surface area contributed by atoms with Crippen molar-refractivity contribution in [1.29, 1.82) is 0 Å². The van der Waals surface area contributed by atoms with Crippen LogP contribution < -0.4 is 4.74 Å². The van der Waals surface area contributed by atoms with Gasteiger partial charge in [-0.25, -0.2) is 0 Å². The van der Waals surface area contributed by atoms with Gasteiger partial charge in [0, 0.05) is 16.8 Å². The third-order valence-corrected chi connectivity index (χ3v) is 5.12. The number of para-hydroxylation sites is 1. The molecule has 3 aromatic carbocycles. The maximum Gasteiger partial charge on any atom is 0.336 e. The fourth-order valence-corrected chi connectivity index (χ4v) is 3.62. The summed E-state index contributed by atoms with van der Waals surface area (Å²) >= 11 is 5.39. The summed E-state index contributed by atoms with van der Waals surface area (Å²) in [5.41, 5.74) is 4.15. The lowest BCUT2D eigenvalue weighted by Crippen LogP contribution is -2.08. The van der Waals surface area contributed by atoms with E-state index in [0.717, 1.165) is 16.8 Å². The highest BCUT2D eigenvalue weighted by Crippen LogP contribution is 2.29. The number of ether oxygens (including phenoxy) is 1. The molecule has 0 atom stereocenters. The zero-order chi connectivity index (χ0) is 21.8. The van der Waals surface area contributed by atoms with E-state index in [1.54, 1.807) is 0 Å². The van der Waals surface area contributed by atoms with Crippen LogP contribution in [0.15, 0.2) is 91.0 Å². The van der Waals surface area contributed by atoms with Gasteiger partial charge in [0.15, 0.2) is 17.2 Å². The molecule has 2 heterocycles. The summed E-state index contributed by atoms with van der Waals surface area (Å²) < 4.78 is 8.19. The van der Waals surface area contributed by atoms with Crippen LogP contribution in [0.25, 0.3) is 28.2 Å². The number of aromatic amines is 1. The van der Waals surface area contributed by atoms with Crippen LogP contribution in [0.1, 0.15) is 5.82 Å². The Balaban J connectivity index is 1.48. The van der Waals surface area contributed by atoms with E-state index < -0.39 is 0 Å². The van der Waals surface area contributed by atoms with Crippen LogP contribution in [0, 0.1) is 4.77 Å². The number of nitrogens with one attached hydrogen (secondary N) is 1. The molecular formula is C24H18N6OS. The van der Waals surface area contributed by atoms with Gasteiger partial charge in [0.05, 0.1) is 0 Å². The van der Waals surface area contributed by atoms with Gasteiger partial charge in [-0.15, -0.1) is 5.10 Å². The first kappa shape index (κ1) is 19.8. The highest BCUT2D eigenvalue weighted by atomic mass is 32.1. The van der Waals surface area contributed by atoms with Gasteiger partial charge in [0.25, 0.3) is 0 Å². The first-order chi connectivity index (χ1) is 15.8. The number of hydrogen-bond donors (Lipinski definition) is 1. The van der Waals surface area contributed by atoms with Crippen molar-refractivity contribution in [2.45, 2.75) is 6.61 Å². The summed E-state index contributed by atoms with van der Waals surface area (Å²) in [5.74, 6) is 0.609. The molecule has 5 rings (SSSR count). The first-order valence-electron chi connectivity index (χ1n) is 9.99. The van der Waals surface area contributed by atoms with Crippen LogP contribution in [0.5, 0.6) is 6.01 Å². The molecule has 2 aromatic heterocycles. The van der Waals surface area contributed by atoms with Crippen molar-refractivity contribution in [2.75, 3.05) is 0 Å². The molecule has 32 heavy (non-hydrogen) atoms. The standard InChI is InChI=1S/C24H18N6OS/c32-24-29-26-20(30(24)19-14-8-3-9-15-19)16-31-23-25-21(17-10-4-1-5-11-17)22(27-28-23)18-12-6-2-7-13-18/h1-15H,16H2,(H,29,32). The van der Waals surface area contributed by atoms with Crippen molar-refractivity contribution in [2.24, 2.45) is 0 Å². The van der Waals surface area contributed by atoms with E-state index in [1.807, 2.05) is 95.6 Å². The van der Waals surface area contributed by atoms with Crippen molar-refractivity contribution < 1.29 is 4.74 Å². The Morgan fingerprint density at radius 2 is 1.34 bits per heavy atom. The smallest absolute Gasteiger partial charge is 0.336 e. The molecule has 0 amide bonds. The van der Waals surface area contributed by atoms with Crippen LogP contribution in [0.2, 0.25) is 0 Å². The molecule has 0 aliphatic rings. The summed E-state index contributed by atoms with van der Waals surface area (Å²) in [5, 5.41) is 15.8. The molecule has 5 aromatic rings. The molecule has 0 radical (unpaired) electrons. The topological polar surface area (TPSA) is 81.5 Å². The normalized spacial score (nSPS) is 10.8. The Bertz CT molecular complexity index is 1380. The molecule has 1 N–H and O–H groups in total. The monoisotopic (exact) mass is 438 g/mol. The average Bonchev–Trinajstić information content (AvgIpc) is 3.24. The third kappa shape index (κ3) is 4.03. The second-order valence-electron chi connectivity index (χ2n) is 6.93. The van der Waals surface area contributed by atoms with Crippen LogP contribution in [0.4, 0.5) is 0 Å². The van der Waals surface area contributed by atoms with Gasteiger partial charge >= 0.3 is 6.01 Å². The lowest BCUT2D eigenvalue weighted by Gasteiger charge is -2.11.